The van der Waals surface area contributed by atoms with Gasteiger partial charge in [-0.2, -0.15) is 0 Å². The molecule has 4 nitrogen and oxygen atoms in total. The highest BCUT2D eigenvalue weighted by atomic mass is 35.5. The summed E-state index contributed by atoms with van der Waals surface area (Å²) in [5.74, 6) is 0. The molecule has 4 rings (SSSR count). The van der Waals surface area contributed by atoms with Gasteiger partial charge in [-0.25, -0.2) is 8.42 Å². The van der Waals surface area contributed by atoms with Crippen LogP contribution in [-0.2, 0) is 16.4 Å². The number of sulfone groups is 1. The van der Waals surface area contributed by atoms with Gasteiger partial charge in [0.15, 0.2) is 0 Å². The van der Waals surface area contributed by atoms with Crippen LogP contribution in [-0.4, -0.2) is 30.9 Å². The summed E-state index contributed by atoms with van der Waals surface area (Å²) in [6, 6.07) is 16.8. The molecule has 0 radical (unpaired) electrons. The first-order chi connectivity index (χ1) is 12.6. The maximum Gasteiger partial charge on any atom is 0.208 e. The molecule has 1 aromatic heterocycles. The van der Waals surface area contributed by atoms with Gasteiger partial charge < -0.3 is 0 Å². The molecular formula is C21H23ClN2O2S. The van der Waals surface area contributed by atoms with Gasteiger partial charge in [0.1, 0.15) is 0 Å². The number of benzene rings is 2. The molecule has 1 atom stereocenters. The van der Waals surface area contributed by atoms with Crippen LogP contribution in [0.25, 0.3) is 10.9 Å². The lowest BCUT2D eigenvalue weighted by atomic mass is 10.1. The summed E-state index contributed by atoms with van der Waals surface area (Å²) in [6.45, 7) is 4.23. The minimum atomic E-state index is -3.55. The Hall–Kier alpha value is -1.95. The lowest BCUT2D eigenvalue weighted by Gasteiger charge is -2.21. The predicted molar refractivity (Wildman–Crippen MR) is 110 cm³/mol. The SMILES string of the molecule is CC1CCCN1Cc1cccc2cc(S(=O)(=O)c3ccccc3)cnc12.Cl. The zero-order valence-electron chi connectivity index (χ0n) is 15.2. The monoisotopic (exact) mass is 402 g/mol. The lowest BCUT2D eigenvalue weighted by molar-refractivity contribution is 0.261. The number of nitrogens with zero attached hydrogens (tertiary/aromatic N) is 2. The molecule has 0 spiro atoms. The molecule has 0 amide bonds. The lowest BCUT2D eigenvalue weighted by Crippen LogP contribution is -2.26. The highest BCUT2D eigenvalue weighted by molar-refractivity contribution is 7.91. The van der Waals surface area contributed by atoms with E-state index in [1.165, 1.54) is 19.0 Å². The van der Waals surface area contributed by atoms with E-state index in [2.05, 4.69) is 22.9 Å². The number of rotatable bonds is 4. The highest BCUT2D eigenvalue weighted by Gasteiger charge is 2.22. The maximum absolute atomic E-state index is 12.8. The second kappa shape index (κ2) is 7.97. The Balaban J connectivity index is 0.00000210. The van der Waals surface area contributed by atoms with E-state index < -0.39 is 9.84 Å². The molecule has 6 heteroatoms. The van der Waals surface area contributed by atoms with Crippen molar-refractivity contribution in [1.29, 1.82) is 0 Å². The quantitative estimate of drug-likeness (QED) is 0.645. The minimum Gasteiger partial charge on any atom is -0.296 e. The van der Waals surface area contributed by atoms with Crippen molar-refractivity contribution in [3.63, 3.8) is 0 Å². The van der Waals surface area contributed by atoms with Crippen LogP contribution in [0.1, 0.15) is 25.3 Å². The molecule has 1 unspecified atom stereocenters. The van der Waals surface area contributed by atoms with E-state index in [1.54, 1.807) is 30.3 Å². The van der Waals surface area contributed by atoms with Crippen LogP contribution in [0, 0.1) is 0 Å². The second-order valence-corrected chi connectivity index (χ2v) is 8.89. The molecule has 1 aliphatic rings. The average molecular weight is 403 g/mol. The van der Waals surface area contributed by atoms with Crippen LogP contribution in [0.2, 0.25) is 0 Å². The molecule has 0 aliphatic carbocycles. The first kappa shape index (κ1) is 19.8. The standard InChI is InChI=1S/C21H22N2O2S.ClH/c1-16-7-6-12-23(16)15-18-9-5-8-17-13-20(14-22-21(17)18)26(24,25)19-10-3-2-4-11-19;/h2-5,8-11,13-14,16H,6-7,12,15H2,1H3;1H. The van der Waals surface area contributed by atoms with Crippen molar-refractivity contribution < 1.29 is 8.42 Å². The Morgan fingerprint density at radius 2 is 1.85 bits per heavy atom. The maximum atomic E-state index is 12.8. The van der Waals surface area contributed by atoms with Crippen LogP contribution in [0.15, 0.2) is 70.6 Å². The molecule has 0 saturated carbocycles. The summed E-state index contributed by atoms with van der Waals surface area (Å²) in [5, 5.41) is 0.867. The van der Waals surface area contributed by atoms with Crippen LogP contribution in [0.3, 0.4) is 0 Å². The number of para-hydroxylation sites is 1. The summed E-state index contributed by atoms with van der Waals surface area (Å²) >= 11 is 0. The van der Waals surface area contributed by atoms with E-state index in [0.29, 0.717) is 10.9 Å². The minimum absolute atomic E-state index is 0. The van der Waals surface area contributed by atoms with Crippen molar-refractivity contribution in [2.24, 2.45) is 0 Å². The second-order valence-electron chi connectivity index (χ2n) is 6.94. The number of pyridine rings is 1. The Morgan fingerprint density at radius 1 is 1.07 bits per heavy atom. The van der Waals surface area contributed by atoms with Crippen LogP contribution >= 0.6 is 12.4 Å². The van der Waals surface area contributed by atoms with Gasteiger partial charge >= 0.3 is 0 Å². The molecule has 0 bridgehead atoms. The van der Waals surface area contributed by atoms with Crippen molar-refractivity contribution in [1.82, 2.24) is 9.88 Å². The number of hydrogen-bond acceptors (Lipinski definition) is 4. The van der Waals surface area contributed by atoms with Gasteiger partial charge in [-0.05, 0) is 50.1 Å². The highest BCUT2D eigenvalue weighted by Crippen LogP contribution is 2.27. The third-order valence-corrected chi connectivity index (χ3v) is 6.93. The number of aromatic nitrogens is 1. The summed E-state index contributed by atoms with van der Waals surface area (Å²) in [4.78, 5) is 7.53. The molecule has 27 heavy (non-hydrogen) atoms. The molecule has 2 heterocycles. The van der Waals surface area contributed by atoms with Crippen LogP contribution in [0.5, 0.6) is 0 Å². The molecule has 142 valence electrons. The topological polar surface area (TPSA) is 50.3 Å². The van der Waals surface area contributed by atoms with E-state index in [1.807, 2.05) is 18.2 Å². The first-order valence-corrected chi connectivity index (χ1v) is 10.5. The number of likely N-dealkylation sites (tertiary alicyclic amines) is 1. The van der Waals surface area contributed by atoms with Gasteiger partial charge in [-0.1, -0.05) is 36.4 Å². The molecule has 0 N–H and O–H groups in total. The zero-order chi connectivity index (χ0) is 18.1. The predicted octanol–water partition coefficient (Wildman–Crippen LogP) is 4.47. The molecule has 1 fully saturated rings. The Morgan fingerprint density at radius 3 is 2.56 bits per heavy atom. The number of fused-ring (bicyclic) bond motifs is 1. The Kier molecular flexibility index (Phi) is 5.84. The average Bonchev–Trinajstić information content (AvgIpc) is 3.07. The van der Waals surface area contributed by atoms with Crippen molar-refractivity contribution in [2.75, 3.05) is 6.54 Å². The normalized spacial score (nSPS) is 17.7. The van der Waals surface area contributed by atoms with E-state index >= 15 is 0 Å². The fraction of sp³-hybridized carbons (Fsp3) is 0.286. The Bertz CT molecular complexity index is 1040. The van der Waals surface area contributed by atoms with Gasteiger partial charge in [0.25, 0.3) is 0 Å². The van der Waals surface area contributed by atoms with E-state index in [9.17, 15) is 8.42 Å². The van der Waals surface area contributed by atoms with Crippen molar-refractivity contribution in [2.45, 2.75) is 42.1 Å². The fourth-order valence-corrected chi connectivity index (χ4v) is 4.92. The van der Waals surface area contributed by atoms with E-state index in [4.69, 9.17) is 0 Å². The van der Waals surface area contributed by atoms with Gasteiger partial charge in [0, 0.05) is 24.2 Å². The zero-order valence-corrected chi connectivity index (χ0v) is 16.8. The number of hydrogen-bond donors (Lipinski definition) is 0. The van der Waals surface area contributed by atoms with Crippen LogP contribution in [0.4, 0.5) is 0 Å². The summed E-state index contributed by atoms with van der Waals surface area (Å²) in [7, 11) is -3.55. The van der Waals surface area contributed by atoms with Crippen molar-refractivity contribution in [3.8, 4) is 0 Å². The van der Waals surface area contributed by atoms with Crippen molar-refractivity contribution in [3.05, 3.63) is 66.4 Å². The van der Waals surface area contributed by atoms with Crippen molar-refractivity contribution >= 4 is 33.1 Å². The number of halogens is 1. The summed E-state index contributed by atoms with van der Waals surface area (Å²) < 4.78 is 25.7. The molecular weight excluding hydrogens is 380 g/mol. The first-order valence-electron chi connectivity index (χ1n) is 8.97. The summed E-state index contributed by atoms with van der Waals surface area (Å²) in [5.41, 5.74) is 2.04. The summed E-state index contributed by atoms with van der Waals surface area (Å²) in [6.07, 6.45) is 3.96. The largest absolute Gasteiger partial charge is 0.296 e. The smallest absolute Gasteiger partial charge is 0.208 e. The molecule has 1 aliphatic heterocycles. The fourth-order valence-electron chi connectivity index (χ4n) is 3.66. The van der Waals surface area contributed by atoms with Gasteiger partial charge in [-0.15, -0.1) is 12.4 Å². The molecule has 2 aromatic carbocycles. The molecule has 3 aromatic rings. The van der Waals surface area contributed by atoms with Crippen LogP contribution < -0.4 is 0 Å². The van der Waals surface area contributed by atoms with Gasteiger partial charge in [0.05, 0.1) is 15.3 Å². The Labute approximate surface area is 166 Å². The third-order valence-electron chi connectivity index (χ3n) is 5.20. The van der Waals surface area contributed by atoms with E-state index in [-0.39, 0.29) is 17.3 Å². The third kappa shape index (κ3) is 3.86. The van der Waals surface area contributed by atoms with Gasteiger partial charge in [0.2, 0.25) is 9.84 Å². The van der Waals surface area contributed by atoms with Gasteiger partial charge in [-0.3, -0.25) is 9.88 Å². The van der Waals surface area contributed by atoms with E-state index in [0.717, 1.165) is 29.6 Å². The molecule has 1 saturated heterocycles.